The van der Waals surface area contributed by atoms with Gasteiger partial charge in [0.05, 0.1) is 0 Å². The molecule has 0 heterocycles. The van der Waals surface area contributed by atoms with Crippen LogP contribution in [0.5, 0.6) is 0 Å². The SMILES string of the molecule is C=CCCc1ccc(C2CCC(C=C)C2)cc1. The Labute approximate surface area is 105 Å². The maximum Gasteiger partial charge on any atom is -0.0156 e. The van der Waals surface area contributed by atoms with Crippen molar-refractivity contribution in [3.8, 4) is 0 Å². The first-order valence-electron chi connectivity index (χ1n) is 6.65. The van der Waals surface area contributed by atoms with E-state index in [1.54, 1.807) is 0 Å². The van der Waals surface area contributed by atoms with Gasteiger partial charge in [-0.3, -0.25) is 0 Å². The fourth-order valence-electron chi connectivity index (χ4n) is 2.76. The van der Waals surface area contributed by atoms with Crippen LogP contribution in [0.1, 0.15) is 42.7 Å². The summed E-state index contributed by atoms with van der Waals surface area (Å²) in [4.78, 5) is 0. The van der Waals surface area contributed by atoms with Gasteiger partial charge in [0.15, 0.2) is 0 Å². The van der Waals surface area contributed by atoms with Crippen LogP contribution < -0.4 is 0 Å². The first-order chi connectivity index (χ1) is 8.33. The molecule has 0 aliphatic heterocycles. The van der Waals surface area contributed by atoms with Crippen LogP contribution in [0.2, 0.25) is 0 Å². The summed E-state index contributed by atoms with van der Waals surface area (Å²) >= 11 is 0. The van der Waals surface area contributed by atoms with Gasteiger partial charge in [-0.1, -0.05) is 36.4 Å². The average Bonchev–Trinajstić information content (AvgIpc) is 2.86. The summed E-state index contributed by atoms with van der Waals surface area (Å²) < 4.78 is 0. The van der Waals surface area contributed by atoms with Crippen LogP contribution >= 0.6 is 0 Å². The number of rotatable bonds is 5. The van der Waals surface area contributed by atoms with E-state index >= 15 is 0 Å². The number of hydrogen-bond acceptors (Lipinski definition) is 0. The summed E-state index contributed by atoms with van der Waals surface area (Å²) in [5.41, 5.74) is 2.93. The third-order valence-corrected chi connectivity index (χ3v) is 3.89. The lowest BCUT2D eigenvalue weighted by Crippen LogP contribution is -1.94. The molecule has 0 saturated heterocycles. The van der Waals surface area contributed by atoms with Crippen LogP contribution in [-0.4, -0.2) is 0 Å². The first kappa shape index (κ1) is 12.2. The number of hydrogen-bond donors (Lipinski definition) is 0. The first-order valence-corrected chi connectivity index (χ1v) is 6.65. The molecule has 0 spiro atoms. The minimum Gasteiger partial charge on any atom is -0.103 e. The van der Waals surface area contributed by atoms with Gasteiger partial charge in [-0.15, -0.1) is 13.2 Å². The van der Waals surface area contributed by atoms with Crippen LogP contribution in [0.4, 0.5) is 0 Å². The third kappa shape index (κ3) is 3.09. The monoisotopic (exact) mass is 226 g/mol. The van der Waals surface area contributed by atoms with E-state index in [-0.39, 0.29) is 0 Å². The fourth-order valence-corrected chi connectivity index (χ4v) is 2.76. The molecule has 1 aliphatic carbocycles. The van der Waals surface area contributed by atoms with Crippen molar-refractivity contribution in [2.45, 2.75) is 38.0 Å². The van der Waals surface area contributed by atoms with Crippen LogP contribution in [0.15, 0.2) is 49.6 Å². The number of aryl methyl sites for hydroxylation is 1. The van der Waals surface area contributed by atoms with Gasteiger partial charge >= 0.3 is 0 Å². The second-order valence-corrected chi connectivity index (χ2v) is 5.07. The largest absolute Gasteiger partial charge is 0.103 e. The lowest BCUT2D eigenvalue weighted by molar-refractivity contribution is 0.660. The van der Waals surface area contributed by atoms with E-state index in [0.717, 1.165) is 24.7 Å². The second kappa shape index (κ2) is 5.86. The Hall–Kier alpha value is -1.30. The van der Waals surface area contributed by atoms with Crippen LogP contribution in [0.25, 0.3) is 0 Å². The molecule has 0 radical (unpaired) electrons. The van der Waals surface area contributed by atoms with E-state index in [4.69, 9.17) is 0 Å². The highest BCUT2D eigenvalue weighted by Gasteiger charge is 2.23. The zero-order valence-electron chi connectivity index (χ0n) is 10.6. The van der Waals surface area contributed by atoms with Crippen molar-refractivity contribution in [2.75, 3.05) is 0 Å². The predicted octanol–water partition coefficient (Wildman–Crippen LogP) is 4.87. The molecule has 1 aliphatic rings. The zero-order valence-corrected chi connectivity index (χ0v) is 10.6. The third-order valence-electron chi connectivity index (χ3n) is 3.89. The molecule has 1 aromatic rings. The highest BCUT2D eigenvalue weighted by Crippen LogP contribution is 2.38. The van der Waals surface area contributed by atoms with E-state index < -0.39 is 0 Å². The maximum atomic E-state index is 3.91. The number of allylic oxidation sites excluding steroid dienone is 2. The average molecular weight is 226 g/mol. The lowest BCUT2D eigenvalue weighted by Gasteiger charge is -2.10. The van der Waals surface area contributed by atoms with Crippen LogP contribution in [0.3, 0.4) is 0 Å². The van der Waals surface area contributed by atoms with Crippen LogP contribution in [-0.2, 0) is 6.42 Å². The Morgan fingerprint density at radius 1 is 1.12 bits per heavy atom. The van der Waals surface area contributed by atoms with E-state index in [9.17, 15) is 0 Å². The highest BCUT2D eigenvalue weighted by molar-refractivity contribution is 5.26. The topological polar surface area (TPSA) is 0 Å². The molecule has 2 atom stereocenters. The molecule has 0 heteroatoms. The van der Waals surface area contributed by atoms with Crippen LogP contribution in [0, 0.1) is 5.92 Å². The van der Waals surface area contributed by atoms with E-state index in [1.165, 1.54) is 30.4 Å². The molecule has 2 unspecified atom stereocenters. The Bertz CT molecular complexity index is 372. The Balaban J connectivity index is 1.98. The van der Waals surface area contributed by atoms with E-state index in [2.05, 4.69) is 43.5 Å². The number of benzene rings is 1. The highest BCUT2D eigenvalue weighted by atomic mass is 14.3. The summed E-state index contributed by atoms with van der Waals surface area (Å²) in [6.45, 7) is 7.67. The standard InChI is InChI=1S/C17H22/c1-3-5-6-15-8-10-16(11-9-15)17-12-7-14(4-2)13-17/h3-4,8-11,14,17H,1-2,5-7,12-13H2. The van der Waals surface area contributed by atoms with E-state index in [0.29, 0.717) is 0 Å². The predicted molar refractivity (Wildman–Crippen MR) is 75.2 cm³/mol. The van der Waals surface area contributed by atoms with Crippen molar-refractivity contribution >= 4 is 0 Å². The molecule has 1 saturated carbocycles. The minimum atomic E-state index is 0.737. The summed E-state index contributed by atoms with van der Waals surface area (Å²) in [6.07, 6.45) is 10.2. The van der Waals surface area contributed by atoms with Crippen molar-refractivity contribution in [3.63, 3.8) is 0 Å². The van der Waals surface area contributed by atoms with Gasteiger partial charge in [-0.25, -0.2) is 0 Å². The normalized spacial score (nSPS) is 23.5. The van der Waals surface area contributed by atoms with Gasteiger partial charge in [-0.05, 0) is 55.1 Å². The molecule has 0 amide bonds. The summed E-state index contributed by atoms with van der Waals surface area (Å²) in [5, 5.41) is 0. The quantitative estimate of drug-likeness (QED) is 0.628. The Kier molecular flexibility index (Phi) is 4.19. The van der Waals surface area contributed by atoms with Gasteiger partial charge in [0.1, 0.15) is 0 Å². The molecule has 2 rings (SSSR count). The Morgan fingerprint density at radius 3 is 2.47 bits per heavy atom. The van der Waals surface area contributed by atoms with Gasteiger partial charge in [0, 0.05) is 0 Å². The van der Waals surface area contributed by atoms with Crippen molar-refractivity contribution in [1.29, 1.82) is 0 Å². The molecule has 0 bridgehead atoms. The smallest absolute Gasteiger partial charge is 0.0156 e. The van der Waals surface area contributed by atoms with Gasteiger partial charge < -0.3 is 0 Å². The molecular weight excluding hydrogens is 204 g/mol. The second-order valence-electron chi connectivity index (χ2n) is 5.07. The summed E-state index contributed by atoms with van der Waals surface area (Å²) in [7, 11) is 0. The van der Waals surface area contributed by atoms with Gasteiger partial charge in [0.25, 0.3) is 0 Å². The van der Waals surface area contributed by atoms with Gasteiger partial charge in [-0.2, -0.15) is 0 Å². The van der Waals surface area contributed by atoms with Crippen molar-refractivity contribution in [2.24, 2.45) is 5.92 Å². The van der Waals surface area contributed by atoms with Crippen molar-refractivity contribution in [3.05, 3.63) is 60.7 Å². The minimum absolute atomic E-state index is 0.737. The summed E-state index contributed by atoms with van der Waals surface area (Å²) in [5.74, 6) is 1.49. The summed E-state index contributed by atoms with van der Waals surface area (Å²) in [6, 6.07) is 9.18. The van der Waals surface area contributed by atoms with Crippen molar-refractivity contribution in [1.82, 2.24) is 0 Å². The zero-order chi connectivity index (χ0) is 12.1. The molecule has 0 N–H and O–H groups in total. The molecule has 17 heavy (non-hydrogen) atoms. The van der Waals surface area contributed by atoms with Crippen molar-refractivity contribution < 1.29 is 0 Å². The molecule has 0 nitrogen and oxygen atoms in total. The fraction of sp³-hybridized carbons (Fsp3) is 0.412. The van der Waals surface area contributed by atoms with E-state index in [1.807, 2.05) is 6.08 Å². The maximum absolute atomic E-state index is 3.91. The Morgan fingerprint density at radius 2 is 1.88 bits per heavy atom. The molecule has 0 aromatic heterocycles. The molecule has 1 aromatic carbocycles. The molecular formula is C17H22. The molecule has 1 fully saturated rings. The lowest BCUT2D eigenvalue weighted by atomic mass is 9.95. The molecule has 90 valence electrons. The van der Waals surface area contributed by atoms with Gasteiger partial charge in [0.2, 0.25) is 0 Å².